The van der Waals surface area contributed by atoms with Crippen molar-refractivity contribution in [1.82, 2.24) is 0 Å². The predicted molar refractivity (Wildman–Crippen MR) is 73.2 cm³/mol. The first-order valence-corrected chi connectivity index (χ1v) is 6.63. The molecule has 1 aromatic carbocycles. The number of rotatable bonds is 8. The van der Waals surface area contributed by atoms with Crippen molar-refractivity contribution >= 4 is 0 Å². The molecule has 0 aliphatic carbocycles. The Bertz CT molecular complexity index is 345. The number of hydrogen-bond donors (Lipinski definition) is 1. The minimum absolute atomic E-state index is 0.160. The van der Waals surface area contributed by atoms with Gasteiger partial charge in [0.1, 0.15) is 17.1 Å². The summed E-state index contributed by atoms with van der Waals surface area (Å²) < 4.78 is 11.2. The SMILES string of the molecule is CCC(CC)(CCCOC)Oc1cccc(O)c1. The Kier molecular flexibility index (Phi) is 5.99. The summed E-state index contributed by atoms with van der Waals surface area (Å²) >= 11 is 0. The van der Waals surface area contributed by atoms with Gasteiger partial charge >= 0.3 is 0 Å². The molecule has 0 atom stereocenters. The summed E-state index contributed by atoms with van der Waals surface area (Å²) in [6, 6.07) is 7.00. The van der Waals surface area contributed by atoms with Gasteiger partial charge in [-0.2, -0.15) is 0 Å². The van der Waals surface area contributed by atoms with Gasteiger partial charge in [0.05, 0.1) is 0 Å². The van der Waals surface area contributed by atoms with Crippen LogP contribution in [0.2, 0.25) is 0 Å². The lowest BCUT2D eigenvalue weighted by molar-refractivity contribution is 0.0407. The molecule has 0 aliphatic rings. The molecule has 0 saturated carbocycles. The van der Waals surface area contributed by atoms with E-state index >= 15 is 0 Å². The fraction of sp³-hybridized carbons (Fsp3) is 0.600. The van der Waals surface area contributed by atoms with Gasteiger partial charge in [-0.15, -0.1) is 0 Å². The lowest BCUT2D eigenvalue weighted by Crippen LogP contribution is -2.35. The molecule has 0 unspecified atom stereocenters. The molecule has 3 nitrogen and oxygen atoms in total. The van der Waals surface area contributed by atoms with Crippen LogP contribution in [0.4, 0.5) is 0 Å². The third kappa shape index (κ3) is 4.22. The van der Waals surface area contributed by atoms with E-state index in [9.17, 15) is 5.11 Å². The van der Waals surface area contributed by atoms with Crippen molar-refractivity contribution in [1.29, 1.82) is 0 Å². The topological polar surface area (TPSA) is 38.7 Å². The third-order valence-corrected chi connectivity index (χ3v) is 3.42. The van der Waals surface area contributed by atoms with Gasteiger partial charge in [-0.05, 0) is 37.8 Å². The summed E-state index contributed by atoms with van der Waals surface area (Å²) in [6.07, 6.45) is 3.84. The maximum absolute atomic E-state index is 9.47. The van der Waals surface area contributed by atoms with Crippen LogP contribution in [-0.2, 0) is 4.74 Å². The molecule has 0 bridgehead atoms. The van der Waals surface area contributed by atoms with Crippen molar-refractivity contribution in [2.75, 3.05) is 13.7 Å². The lowest BCUT2D eigenvalue weighted by atomic mass is 9.91. The average molecular weight is 252 g/mol. The normalized spacial score (nSPS) is 11.5. The van der Waals surface area contributed by atoms with Crippen molar-refractivity contribution < 1.29 is 14.6 Å². The van der Waals surface area contributed by atoms with E-state index in [0.29, 0.717) is 0 Å². The number of methoxy groups -OCH3 is 1. The van der Waals surface area contributed by atoms with Crippen LogP contribution in [0.5, 0.6) is 11.5 Å². The molecule has 0 saturated heterocycles. The van der Waals surface area contributed by atoms with Crippen molar-refractivity contribution in [3.63, 3.8) is 0 Å². The number of benzene rings is 1. The van der Waals surface area contributed by atoms with Crippen LogP contribution in [0.1, 0.15) is 39.5 Å². The summed E-state index contributed by atoms with van der Waals surface area (Å²) in [5, 5.41) is 9.47. The highest BCUT2D eigenvalue weighted by atomic mass is 16.5. The molecule has 0 fully saturated rings. The van der Waals surface area contributed by atoms with Gasteiger partial charge < -0.3 is 14.6 Å². The fourth-order valence-corrected chi connectivity index (χ4v) is 2.13. The average Bonchev–Trinajstić information content (AvgIpc) is 2.38. The molecule has 0 heterocycles. The Hall–Kier alpha value is -1.22. The van der Waals surface area contributed by atoms with E-state index in [0.717, 1.165) is 38.0 Å². The first-order chi connectivity index (χ1) is 8.65. The Morgan fingerprint density at radius 3 is 2.50 bits per heavy atom. The van der Waals surface area contributed by atoms with Crippen LogP contribution < -0.4 is 4.74 Å². The summed E-state index contributed by atoms with van der Waals surface area (Å²) in [5.41, 5.74) is -0.160. The minimum Gasteiger partial charge on any atom is -0.508 e. The second kappa shape index (κ2) is 7.27. The summed E-state index contributed by atoms with van der Waals surface area (Å²) in [5.74, 6) is 0.974. The second-order valence-corrected chi connectivity index (χ2v) is 4.59. The highest BCUT2D eigenvalue weighted by Gasteiger charge is 2.27. The zero-order valence-corrected chi connectivity index (χ0v) is 11.6. The predicted octanol–water partition coefficient (Wildman–Crippen LogP) is 3.76. The zero-order chi connectivity index (χ0) is 13.4. The molecule has 1 rings (SSSR count). The molecule has 18 heavy (non-hydrogen) atoms. The summed E-state index contributed by atoms with van der Waals surface area (Å²) in [6.45, 7) is 5.03. The zero-order valence-electron chi connectivity index (χ0n) is 11.6. The van der Waals surface area contributed by atoms with Gasteiger partial charge in [0, 0.05) is 19.8 Å². The first-order valence-electron chi connectivity index (χ1n) is 6.63. The highest BCUT2D eigenvalue weighted by Crippen LogP contribution is 2.30. The number of hydrogen-bond acceptors (Lipinski definition) is 3. The number of phenols is 1. The molecule has 0 spiro atoms. The van der Waals surface area contributed by atoms with E-state index in [1.165, 1.54) is 0 Å². The van der Waals surface area contributed by atoms with E-state index in [4.69, 9.17) is 9.47 Å². The molecule has 0 aliphatic heterocycles. The minimum atomic E-state index is -0.160. The van der Waals surface area contributed by atoms with Crippen molar-refractivity contribution in [3.8, 4) is 11.5 Å². The second-order valence-electron chi connectivity index (χ2n) is 4.59. The Balaban J connectivity index is 2.71. The lowest BCUT2D eigenvalue weighted by Gasteiger charge is -2.33. The van der Waals surface area contributed by atoms with Gasteiger partial charge in [-0.1, -0.05) is 19.9 Å². The number of ether oxygens (including phenoxy) is 2. The van der Waals surface area contributed by atoms with Gasteiger partial charge in [0.25, 0.3) is 0 Å². The van der Waals surface area contributed by atoms with E-state index in [2.05, 4.69) is 13.8 Å². The molecule has 0 amide bonds. The summed E-state index contributed by atoms with van der Waals surface area (Å²) in [7, 11) is 1.72. The Morgan fingerprint density at radius 1 is 1.22 bits per heavy atom. The molecule has 1 N–H and O–H groups in total. The smallest absolute Gasteiger partial charge is 0.123 e. The van der Waals surface area contributed by atoms with E-state index in [-0.39, 0.29) is 11.4 Å². The Morgan fingerprint density at radius 2 is 1.94 bits per heavy atom. The van der Waals surface area contributed by atoms with Gasteiger partial charge in [0.15, 0.2) is 0 Å². The monoisotopic (exact) mass is 252 g/mol. The molecular weight excluding hydrogens is 228 g/mol. The largest absolute Gasteiger partial charge is 0.508 e. The Labute approximate surface area is 110 Å². The van der Waals surface area contributed by atoms with Crippen molar-refractivity contribution in [2.24, 2.45) is 0 Å². The third-order valence-electron chi connectivity index (χ3n) is 3.42. The van der Waals surface area contributed by atoms with Crippen LogP contribution in [0, 0.1) is 0 Å². The van der Waals surface area contributed by atoms with Crippen LogP contribution in [0.3, 0.4) is 0 Å². The maximum atomic E-state index is 9.47. The van der Waals surface area contributed by atoms with Crippen molar-refractivity contribution in [3.05, 3.63) is 24.3 Å². The van der Waals surface area contributed by atoms with Crippen LogP contribution in [0.25, 0.3) is 0 Å². The van der Waals surface area contributed by atoms with E-state index in [1.807, 2.05) is 6.07 Å². The van der Waals surface area contributed by atoms with Crippen LogP contribution in [-0.4, -0.2) is 24.4 Å². The molecule has 102 valence electrons. The quantitative estimate of drug-likeness (QED) is 0.716. The van der Waals surface area contributed by atoms with E-state index in [1.54, 1.807) is 25.3 Å². The number of aromatic hydroxyl groups is 1. The van der Waals surface area contributed by atoms with Crippen LogP contribution in [0.15, 0.2) is 24.3 Å². The molecular formula is C15H24O3. The summed E-state index contributed by atoms with van der Waals surface area (Å²) in [4.78, 5) is 0. The van der Waals surface area contributed by atoms with Gasteiger partial charge in [-0.25, -0.2) is 0 Å². The fourth-order valence-electron chi connectivity index (χ4n) is 2.13. The van der Waals surface area contributed by atoms with Crippen molar-refractivity contribution in [2.45, 2.75) is 45.1 Å². The first kappa shape index (κ1) is 14.8. The molecule has 3 heteroatoms. The van der Waals surface area contributed by atoms with Gasteiger partial charge in [0.2, 0.25) is 0 Å². The maximum Gasteiger partial charge on any atom is 0.123 e. The number of phenolic OH excluding ortho intramolecular Hbond substituents is 1. The van der Waals surface area contributed by atoms with Gasteiger partial charge in [-0.3, -0.25) is 0 Å². The van der Waals surface area contributed by atoms with Crippen LogP contribution >= 0.6 is 0 Å². The molecule has 0 aromatic heterocycles. The molecule has 0 radical (unpaired) electrons. The van der Waals surface area contributed by atoms with E-state index < -0.39 is 0 Å². The highest BCUT2D eigenvalue weighted by molar-refractivity contribution is 5.32. The standard InChI is InChI=1S/C15H24O3/c1-4-15(5-2,10-7-11-17-3)18-14-9-6-8-13(16)12-14/h6,8-9,12,16H,4-5,7,10-11H2,1-3H3. The molecule has 1 aromatic rings.